The van der Waals surface area contributed by atoms with Crippen LogP contribution in [0.15, 0.2) is 24.3 Å². The highest BCUT2D eigenvalue weighted by molar-refractivity contribution is 7.88. The van der Waals surface area contributed by atoms with Crippen molar-refractivity contribution >= 4 is 21.8 Å². The molecule has 0 aliphatic rings. The number of unbranched alkanes of at least 4 members (excludes halogenated alkanes) is 1. The number of amides is 2. The highest BCUT2D eigenvalue weighted by atomic mass is 32.2. The third kappa shape index (κ3) is 7.83. The fourth-order valence-corrected chi connectivity index (χ4v) is 3.91. The lowest BCUT2D eigenvalue weighted by atomic mass is 9.86. The monoisotopic (exact) mass is 406 g/mol. The summed E-state index contributed by atoms with van der Waals surface area (Å²) in [4.78, 5) is 23.8. The topological polar surface area (TPSA) is 83.6 Å². The molecule has 2 amide bonds. The number of hydrogen-bond acceptors (Lipinski definition) is 4. The Morgan fingerprint density at radius 2 is 1.89 bits per heavy atom. The first-order chi connectivity index (χ1) is 13.0. The van der Waals surface area contributed by atoms with Crippen LogP contribution in [0.4, 0.5) is 0 Å². The molecule has 1 rings (SSSR count). The normalized spacial score (nSPS) is 11.9. The number of hydrogen-bond donors (Lipinski definition) is 1. The molecule has 1 N–H and O–H groups in total. The molecule has 0 aromatic heterocycles. The molecule has 1 aromatic carbocycles. The lowest BCUT2D eigenvalue weighted by Gasteiger charge is -2.22. The van der Waals surface area contributed by atoms with Gasteiger partial charge in [0, 0.05) is 6.42 Å². The molecule has 0 atom stereocenters. The zero-order valence-electron chi connectivity index (χ0n) is 17.1. The standard InChI is InChI=1S/C21H30N2O4S/c1-6-8-12-19(24)22-20(25)15-23(13-7-2)28(26,27)16-17-10-9-11-18(14-17)21(3,4)5/h2,9-11,14H,6,8,12-13,15-16H2,1,3-5H3,(H,22,24,25). The molecule has 0 unspecified atom stereocenters. The zero-order valence-corrected chi connectivity index (χ0v) is 17.9. The van der Waals surface area contributed by atoms with E-state index in [0.717, 1.165) is 16.3 Å². The number of carbonyl (C=O) groups excluding carboxylic acids is 2. The molecule has 154 valence electrons. The minimum absolute atomic E-state index is 0.114. The van der Waals surface area contributed by atoms with E-state index in [9.17, 15) is 18.0 Å². The Labute approximate surface area is 168 Å². The van der Waals surface area contributed by atoms with Crippen molar-refractivity contribution in [3.63, 3.8) is 0 Å². The van der Waals surface area contributed by atoms with Crippen molar-refractivity contribution in [3.8, 4) is 12.3 Å². The van der Waals surface area contributed by atoms with Crippen LogP contribution in [0.25, 0.3) is 0 Å². The third-order valence-electron chi connectivity index (χ3n) is 4.16. The first-order valence-electron chi connectivity index (χ1n) is 9.33. The van der Waals surface area contributed by atoms with Crippen molar-refractivity contribution in [2.45, 2.75) is 58.1 Å². The van der Waals surface area contributed by atoms with Gasteiger partial charge in [-0.3, -0.25) is 14.9 Å². The Hall–Kier alpha value is -2.17. The SMILES string of the molecule is C#CCN(CC(=O)NC(=O)CCCC)S(=O)(=O)Cc1cccc(C(C)(C)C)c1. The van der Waals surface area contributed by atoms with Gasteiger partial charge < -0.3 is 0 Å². The van der Waals surface area contributed by atoms with Crippen molar-refractivity contribution in [2.24, 2.45) is 0 Å². The second-order valence-electron chi connectivity index (χ2n) is 7.75. The average molecular weight is 407 g/mol. The van der Waals surface area contributed by atoms with Crippen molar-refractivity contribution in [1.82, 2.24) is 9.62 Å². The lowest BCUT2D eigenvalue weighted by molar-refractivity contribution is -0.130. The number of nitrogens with one attached hydrogen (secondary N) is 1. The Morgan fingerprint density at radius 1 is 1.21 bits per heavy atom. The van der Waals surface area contributed by atoms with E-state index in [2.05, 4.69) is 11.2 Å². The van der Waals surface area contributed by atoms with Crippen LogP contribution in [0.5, 0.6) is 0 Å². The number of terminal acetylenes is 1. The first-order valence-corrected chi connectivity index (χ1v) is 10.9. The summed E-state index contributed by atoms with van der Waals surface area (Å²) in [6.07, 6.45) is 7.00. The van der Waals surface area contributed by atoms with E-state index in [1.807, 2.05) is 45.9 Å². The maximum Gasteiger partial charge on any atom is 0.241 e. The van der Waals surface area contributed by atoms with E-state index in [1.165, 1.54) is 0 Å². The van der Waals surface area contributed by atoms with Gasteiger partial charge in [-0.1, -0.05) is 64.3 Å². The average Bonchev–Trinajstić information content (AvgIpc) is 2.58. The summed E-state index contributed by atoms with van der Waals surface area (Å²) in [5.74, 6) is 0.910. The van der Waals surface area contributed by atoms with E-state index in [0.29, 0.717) is 12.0 Å². The number of nitrogens with zero attached hydrogens (tertiary/aromatic N) is 1. The predicted octanol–water partition coefficient (Wildman–Crippen LogP) is 2.58. The quantitative estimate of drug-likeness (QED) is 0.639. The van der Waals surface area contributed by atoms with E-state index < -0.39 is 28.4 Å². The Bertz CT molecular complexity index is 833. The fraction of sp³-hybridized carbons (Fsp3) is 0.524. The molecule has 28 heavy (non-hydrogen) atoms. The fourth-order valence-electron chi connectivity index (χ4n) is 2.54. The maximum absolute atomic E-state index is 12.8. The van der Waals surface area contributed by atoms with Gasteiger partial charge in [0.1, 0.15) is 0 Å². The van der Waals surface area contributed by atoms with Crippen LogP contribution < -0.4 is 5.32 Å². The molecule has 0 saturated heterocycles. The summed E-state index contributed by atoms with van der Waals surface area (Å²) in [5, 5.41) is 2.22. The van der Waals surface area contributed by atoms with Gasteiger partial charge in [0.25, 0.3) is 0 Å². The van der Waals surface area contributed by atoms with Gasteiger partial charge in [-0.25, -0.2) is 8.42 Å². The molecule has 0 saturated carbocycles. The van der Waals surface area contributed by atoms with Gasteiger partial charge in [-0.05, 0) is 23.0 Å². The Kier molecular flexibility index (Phi) is 8.86. The number of benzene rings is 1. The molecule has 0 fully saturated rings. The van der Waals surface area contributed by atoms with E-state index in [4.69, 9.17) is 6.42 Å². The van der Waals surface area contributed by atoms with Gasteiger partial charge in [-0.15, -0.1) is 6.42 Å². The summed E-state index contributed by atoms with van der Waals surface area (Å²) < 4.78 is 26.5. The minimum atomic E-state index is -3.83. The zero-order chi connectivity index (χ0) is 21.4. The van der Waals surface area contributed by atoms with Gasteiger partial charge in [0.2, 0.25) is 21.8 Å². The summed E-state index contributed by atoms with van der Waals surface area (Å²) in [7, 11) is -3.83. The van der Waals surface area contributed by atoms with Crippen LogP contribution in [0.2, 0.25) is 0 Å². The summed E-state index contributed by atoms with van der Waals surface area (Å²) in [5.41, 5.74) is 1.52. The molecular formula is C21H30N2O4S. The molecule has 7 heteroatoms. The lowest BCUT2D eigenvalue weighted by Crippen LogP contribution is -2.43. The van der Waals surface area contributed by atoms with E-state index >= 15 is 0 Å². The smallest absolute Gasteiger partial charge is 0.241 e. The van der Waals surface area contributed by atoms with Crippen LogP contribution in [-0.4, -0.2) is 37.6 Å². The first kappa shape index (κ1) is 23.9. The van der Waals surface area contributed by atoms with Crippen molar-refractivity contribution < 1.29 is 18.0 Å². The van der Waals surface area contributed by atoms with Gasteiger partial charge in [0.15, 0.2) is 0 Å². The van der Waals surface area contributed by atoms with E-state index in [-0.39, 0.29) is 24.1 Å². The molecule has 1 aromatic rings. The van der Waals surface area contributed by atoms with Crippen LogP contribution >= 0.6 is 0 Å². The second kappa shape index (κ2) is 10.4. The molecule has 0 heterocycles. The summed E-state index contributed by atoms with van der Waals surface area (Å²) in [6.45, 7) is 7.35. The second-order valence-corrected chi connectivity index (χ2v) is 9.72. The molecule has 0 bridgehead atoms. The molecular weight excluding hydrogens is 376 g/mol. The Balaban J connectivity index is 2.90. The summed E-state index contributed by atoms with van der Waals surface area (Å²) in [6, 6.07) is 7.34. The number of rotatable bonds is 9. The van der Waals surface area contributed by atoms with Crippen LogP contribution in [0.3, 0.4) is 0 Å². The van der Waals surface area contributed by atoms with Gasteiger partial charge >= 0.3 is 0 Å². The van der Waals surface area contributed by atoms with Crippen molar-refractivity contribution in [1.29, 1.82) is 0 Å². The van der Waals surface area contributed by atoms with Gasteiger partial charge in [-0.2, -0.15) is 4.31 Å². The largest absolute Gasteiger partial charge is 0.295 e. The third-order valence-corrected chi connectivity index (χ3v) is 5.90. The van der Waals surface area contributed by atoms with E-state index in [1.54, 1.807) is 6.07 Å². The van der Waals surface area contributed by atoms with Crippen molar-refractivity contribution in [2.75, 3.05) is 13.1 Å². The molecule has 6 nitrogen and oxygen atoms in total. The number of carbonyl (C=O) groups is 2. The maximum atomic E-state index is 12.8. The van der Waals surface area contributed by atoms with Crippen LogP contribution in [0.1, 0.15) is 58.1 Å². The number of imide groups is 1. The molecule has 0 spiro atoms. The highest BCUT2D eigenvalue weighted by Crippen LogP contribution is 2.24. The van der Waals surface area contributed by atoms with Gasteiger partial charge in [0.05, 0.1) is 18.8 Å². The molecule has 0 radical (unpaired) electrons. The van der Waals surface area contributed by atoms with Crippen LogP contribution in [0, 0.1) is 12.3 Å². The van der Waals surface area contributed by atoms with Crippen LogP contribution in [-0.2, 0) is 30.8 Å². The van der Waals surface area contributed by atoms with Crippen molar-refractivity contribution in [3.05, 3.63) is 35.4 Å². The highest BCUT2D eigenvalue weighted by Gasteiger charge is 2.25. The molecule has 0 aliphatic carbocycles. The predicted molar refractivity (Wildman–Crippen MR) is 111 cm³/mol. The Morgan fingerprint density at radius 3 is 2.46 bits per heavy atom. The summed E-state index contributed by atoms with van der Waals surface area (Å²) >= 11 is 0. The number of sulfonamides is 1. The minimum Gasteiger partial charge on any atom is -0.295 e. The molecule has 0 aliphatic heterocycles.